The van der Waals surface area contributed by atoms with Gasteiger partial charge in [-0.15, -0.1) is 24.8 Å². The predicted octanol–water partition coefficient (Wildman–Crippen LogP) is 3.18. The Morgan fingerprint density at radius 2 is 1.89 bits per heavy atom. The van der Waals surface area contributed by atoms with Crippen LogP contribution in [-0.4, -0.2) is 31.1 Å². The van der Waals surface area contributed by atoms with Gasteiger partial charge < -0.3 is 9.73 Å². The van der Waals surface area contributed by atoms with Crippen LogP contribution in [0.2, 0.25) is 0 Å². The summed E-state index contributed by atoms with van der Waals surface area (Å²) in [5, 5.41) is 3.43. The number of aryl methyl sites for hydroxylation is 1. The molecule has 1 aromatic rings. The molecule has 3 rings (SSSR count). The van der Waals surface area contributed by atoms with E-state index in [1.165, 1.54) is 25.0 Å². The van der Waals surface area contributed by atoms with E-state index in [2.05, 4.69) is 22.3 Å². The minimum absolute atomic E-state index is 0. The third-order valence-electron chi connectivity index (χ3n) is 4.19. The van der Waals surface area contributed by atoms with Crippen LogP contribution in [0.25, 0.3) is 0 Å². The molecule has 1 saturated heterocycles. The summed E-state index contributed by atoms with van der Waals surface area (Å²) in [6, 6.07) is 4.81. The number of hydrogen-bond acceptors (Lipinski definition) is 3. The van der Waals surface area contributed by atoms with Gasteiger partial charge in [-0.1, -0.05) is 6.42 Å². The smallest absolute Gasteiger partial charge is 0.121 e. The zero-order chi connectivity index (χ0) is 11.7. The van der Waals surface area contributed by atoms with Crippen LogP contribution in [0, 0.1) is 12.8 Å². The Labute approximate surface area is 127 Å². The average molecular weight is 307 g/mol. The fourth-order valence-corrected chi connectivity index (χ4v) is 3.04. The van der Waals surface area contributed by atoms with E-state index in [-0.39, 0.29) is 24.8 Å². The Morgan fingerprint density at radius 3 is 2.37 bits per heavy atom. The first-order valence-electron chi connectivity index (χ1n) is 6.86. The second-order valence-electron chi connectivity index (χ2n) is 5.37. The van der Waals surface area contributed by atoms with E-state index < -0.39 is 0 Å². The maximum atomic E-state index is 5.89. The molecule has 0 amide bonds. The molecule has 1 aromatic heterocycles. The van der Waals surface area contributed by atoms with Gasteiger partial charge in [-0.05, 0) is 37.8 Å². The number of nitrogens with zero attached hydrogens (tertiary/aromatic N) is 1. The fourth-order valence-electron chi connectivity index (χ4n) is 3.04. The van der Waals surface area contributed by atoms with E-state index in [1.807, 2.05) is 6.92 Å². The van der Waals surface area contributed by atoms with Crippen LogP contribution in [0.4, 0.5) is 0 Å². The van der Waals surface area contributed by atoms with Crippen LogP contribution < -0.4 is 5.32 Å². The van der Waals surface area contributed by atoms with E-state index in [9.17, 15) is 0 Å². The van der Waals surface area contributed by atoms with Crippen LogP contribution in [0.5, 0.6) is 0 Å². The molecule has 0 unspecified atom stereocenters. The van der Waals surface area contributed by atoms with Crippen molar-refractivity contribution in [2.45, 2.75) is 32.2 Å². The lowest BCUT2D eigenvalue weighted by Crippen LogP contribution is -2.47. The van der Waals surface area contributed by atoms with Gasteiger partial charge in [-0.25, -0.2) is 0 Å². The molecule has 2 aliphatic rings. The van der Waals surface area contributed by atoms with Gasteiger partial charge in [0.1, 0.15) is 11.5 Å². The zero-order valence-electron chi connectivity index (χ0n) is 11.4. The quantitative estimate of drug-likeness (QED) is 0.930. The number of rotatable bonds is 3. The normalized spacial score (nSPS) is 21.9. The Hall–Kier alpha value is -0.220. The van der Waals surface area contributed by atoms with Crippen molar-refractivity contribution in [1.82, 2.24) is 10.2 Å². The van der Waals surface area contributed by atoms with E-state index >= 15 is 0 Å². The molecule has 0 radical (unpaired) electrons. The molecular weight excluding hydrogens is 283 g/mol. The Kier molecular flexibility index (Phi) is 6.67. The predicted molar refractivity (Wildman–Crippen MR) is 82.5 cm³/mol. The van der Waals surface area contributed by atoms with Crippen molar-refractivity contribution in [3.63, 3.8) is 0 Å². The van der Waals surface area contributed by atoms with Crippen LogP contribution in [-0.2, 0) is 0 Å². The van der Waals surface area contributed by atoms with Crippen LogP contribution in [0.3, 0.4) is 0 Å². The number of furan rings is 1. The summed E-state index contributed by atoms with van der Waals surface area (Å²) in [7, 11) is 0. The lowest BCUT2D eigenvalue weighted by molar-refractivity contribution is 0.0679. The highest BCUT2D eigenvalue weighted by atomic mass is 35.5. The Bertz CT molecular complexity index is 373. The van der Waals surface area contributed by atoms with Gasteiger partial charge in [0, 0.05) is 26.2 Å². The number of hydrogen-bond donors (Lipinski definition) is 1. The van der Waals surface area contributed by atoms with Crippen LogP contribution >= 0.6 is 24.8 Å². The summed E-state index contributed by atoms with van der Waals surface area (Å²) in [5.74, 6) is 3.05. The molecule has 110 valence electrons. The molecule has 1 aliphatic heterocycles. The monoisotopic (exact) mass is 306 g/mol. The van der Waals surface area contributed by atoms with Crippen molar-refractivity contribution in [3.8, 4) is 0 Å². The number of halogens is 2. The highest BCUT2D eigenvalue weighted by molar-refractivity contribution is 5.85. The van der Waals surface area contributed by atoms with Crippen molar-refractivity contribution in [2.75, 3.05) is 26.2 Å². The minimum Gasteiger partial charge on any atom is -0.465 e. The topological polar surface area (TPSA) is 28.4 Å². The number of nitrogens with one attached hydrogen (secondary N) is 1. The molecule has 1 atom stereocenters. The van der Waals surface area contributed by atoms with Gasteiger partial charge >= 0.3 is 0 Å². The second kappa shape index (κ2) is 7.53. The molecule has 3 nitrogen and oxygen atoms in total. The highest BCUT2D eigenvalue weighted by Crippen LogP contribution is 2.41. The van der Waals surface area contributed by atoms with Gasteiger partial charge in [0.2, 0.25) is 0 Å². The van der Waals surface area contributed by atoms with E-state index in [1.54, 1.807) is 0 Å². The average Bonchev–Trinajstić information content (AvgIpc) is 2.71. The van der Waals surface area contributed by atoms with Crippen molar-refractivity contribution >= 4 is 24.8 Å². The zero-order valence-corrected chi connectivity index (χ0v) is 13.1. The third-order valence-corrected chi connectivity index (χ3v) is 4.19. The lowest BCUT2D eigenvalue weighted by atomic mass is 9.78. The molecule has 5 heteroatoms. The maximum Gasteiger partial charge on any atom is 0.121 e. The maximum absolute atomic E-state index is 5.89. The first-order valence-corrected chi connectivity index (χ1v) is 6.86. The summed E-state index contributed by atoms with van der Waals surface area (Å²) in [6.07, 6.45) is 4.13. The van der Waals surface area contributed by atoms with E-state index in [4.69, 9.17) is 4.42 Å². The van der Waals surface area contributed by atoms with Crippen LogP contribution in [0.1, 0.15) is 36.8 Å². The van der Waals surface area contributed by atoms with Gasteiger partial charge in [-0.3, -0.25) is 4.90 Å². The first-order chi connectivity index (χ1) is 8.34. The Balaban J connectivity index is 0.000000902. The summed E-state index contributed by atoms with van der Waals surface area (Å²) in [6.45, 7) is 6.58. The molecule has 0 aromatic carbocycles. The van der Waals surface area contributed by atoms with Crippen LogP contribution in [0.15, 0.2) is 16.5 Å². The van der Waals surface area contributed by atoms with Gasteiger partial charge in [0.15, 0.2) is 0 Å². The van der Waals surface area contributed by atoms with Crippen molar-refractivity contribution < 1.29 is 4.42 Å². The summed E-state index contributed by atoms with van der Waals surface area (Å²) in [4.78, 5) is 2.61. The van der Waals surface area contributed by atoms with E-state index in [0.717, 1.165) is 37.9 Å². The molecule has 1 aliphatic carbocycles. The summed E-state index contributed by atoms with van der Waals surface area (Å²) in [5.41, 5.74) is 0. The highest BCUT2D eigenvalue weighted by Gasteiger charge is 2.35. The molecule has 19 heavy (non-hydrogen) atoms. The molecule has 1 N–H and O–H groups in total. The van der Waals surface area contributed by atoms with Gasteiger partial charge in [0.05, 0.1) is 6.04 Å². The molecule has 1 saturated carbocycles. The SMILES string of the molecule is Cc1ccc([C@@H](C2CCC2)N2CCNCC2)o1.Cl.Cl. The van der Waals surface area contributed by atoms with Crippen molar-refractivity contribution in [3.05, 3.63) is 23.7 Å². The third kappa shape index (κ3) is 3.66. The van der Waals surface area contributed by atoms with Gasteiger partial charge in [0.25, 0.3) is 0 Å². The standard InChI is InChI=1S/C14H22N2O.2ClH/c1-11-5-6-13(17-11)14(12-3-2-4-12)16-9-7-15-8-10-16;;/h5-6,12,14-15H,2-4,7-10H2,1H3;2*1H/t14-;;/m1../s1. The largest absolute Gasteiger partial charge is 0.465 e. The Morgan fingerprint density at radius 1 is 1.21 bits per heavy atom. The fraction of sp³-hybridized carbons (Fsp3) is 0.714. The molecule has 0 bridgehead atoms. The summed E-state index contributed by atoms with van der Waals surface area (Å²) < 4.78 is 5.89. The second-order valence-corrected chi connectivity index (χ2v) is 5.37. The summed E-state index contributed by atoms with van der Waals surface area (Å²) >= 11 is 0. The van der Waals surface area contributed by atoms with E-state index in [0.29, 0.717) is 6.04 Å². The lowest BCUT2D eigenvalue weighted by Gasteiger charge is -2.41. The van der Waals surface area contributed by atoms with Gasteiger partial charge in [-0.2, -0.15) is 0 Å². The molecule has 2 fully saturated rings. The molecule has 0 spiro atoms. The van der Waals surface area contributed by atoms with Crippen molar-refractivity contribution in [1.29, 1.82) is 0 Å². The molecule has 2 heterocycles. The van der Waals surface area contributed by atoms with Crippen molar-refractivity contribution in [2.24, 2.45) is 5.92 Å². The number of piperazine rings is 1. The molecular formula is C14H24Cl2N2O. The first kappa shape index (κ1) is 16.8. The minimum atomic E-state index is 0.